The van der Waals surface area contributed by atoms with E-state index in [2.05, 4.69) is 22.9 Å². The number of carbonyl (C=O) groups excluding carboxylic acids is 1. The van der Waals surface area contributed by atoms with Gasteiger partial charge in [0.25, 0.3) is 0 Å². The molecular weight excluding hydrogens is 208 g/mol. The summed E-state index contributed by atoms with van der Waals surface area (Å²) in [7, 11) is 0. The molecule has 0 fully saturated rings. The van der Waals surface area contributed by atoms with E-state index in [-0.39, 0.29) is 0 Å². The number of rotatable bonds is 3. The lowest BCUT2D eigenvalue weighted by Gasteiger charge is -1.89. The van der Waals surface area contributed by atoms with Crippen molar-refractivity contribution >= 4 is 22.2 Å². The van der Waals surface area contributed by atoms with Crippen LogP contribution in [0.4, 0.5) is 0 Å². The molecule has 11 heavy (non-hydrogen) atoms. The molecule has 0 radical (unpaired) electrons. The molecule has 0 aromatic carbocycles. The lowest BCUT2D eigenvalue weighted by molar-refractivity contribution is 0.109. The molecule has 0 spiro atoms. The molecule has 1 rings (SSSR count). The summed E-state index contributed by atoms with van der Waals surface area (Å²) >= 11 is 3.23. The third-order valence-electron chi connectivity index (χ3n) is 1.41. The van der Waals surface area contributed by atoms with Crippen molar-refractivity contribution in [1.29, 1.82) is 0 Å². The molecule has 0 aliphatic rings. The van der Waals surface area contributed by atoms with Crippen LogP contribution in [-0.4, -0.2) is 6.29 Å². The molecule has 0 saturated heterocycles. The maximum atomic E-state index is 10.3. The Hall–Kier alpha value is -0.570. The zero-order valence-electron chi connectivity index (χ0n) is 6.26. The molecule has 0 unspecified atom stereocenters. The number of halogens is 1. The van der Waals surface area contributed by atoms with E-state index < -0.39 is 0 Å². The fourth-order valence-electron chi connectivity index (χ4n) is 0.925. The first kappa shape index (κ1) is 8.53. The van der Waals surface area contributed by atoms with Crippen LogP contribution >= 0.6 is 15.9 Å². The van der Waals surface area contributed by atoms with Gasteiger partial charge in [0.1, 0.15) is 0 Å². The third-order valence-corrected chi connectivity index (χ3v) is 2.08. The van der Waals surface area contributed by atoms with Crippen LogP contribution in [0.1, 0.15) is 29.5 Å². The highest BCUT2D eigenvalue weighted by Crippen LogP contribution is 2.21. The van der Waals surface area contributed by atoms with Gasteiger partial charge in [-0.05, 0) is 28.4 Å². The van der Waals surface area contributed by atoms with Gasteiger partial charge in [0.15, 0.2) is 16.7 Å². The minimum Gasteiger partial charge on any atom is -0.446 e. The van der Waals surface area contributed by atoms with Crippen LogP contribution in [0.3, 0.4) is 0 Å². The Morgan fingerprint density at radius 3 is 2.91 bits per heavy atom. The lowest BCUT2D eigenvalue weighted by Crippen LogP contribution is -1.78. The van der Waals surface area contributed by atoms with Crippen molar-refractivity contribution in [3.05, 3.63) is 22.1 Å². The highest BCUT2D eigenvalue weighted by Gasteiger charge is 2.05. The largest absolute Gasteiger partial charge is 0.446 e. The van der Waals surface area contributed by atoms with Crippen LogP contribution in [0.25, 0.3) is 0 Å². The van der Waals surface area contributed by atoms with Crippen molar-refractivity contribution in [3.8, 4) is 0 Å². The number of hydrogen-bond acceptors (Lipinski definition) is 2. The number of aldehydes is 1. The molecule has 0 aliphatic heterocycles. The van der Waals surface area contributed by atoms with Gasteiger partial charge in [0.2, 0.25) is 0 Å². The van der Waals surface area contributed by atoms with E-state index in [9.17, 15) is 4.79 Å². The van der Waals surface area contributed by atoms with Gasteiger partial charge in [0, 0.05) is 5.56 Å². The fourth-order valence-corrected chi connectivity index (χ4v) is 1.42. The molecule has 0 saturated carbocycles. The van der Waals surface area contributed by atoms with Gasteiger partial charge in [-0.1, -0.05) is 13.3 Å². The maximum Gasteiger partial charge on any atom is 0.185 e. The van der Waals surface area contributed by atoms with Crippen molar-refractivity contribution in [2.45, 2.75) is 19.8 Å². The Bertz CT molecular complexity index is 253. The number of furan rings is 1. The topological polar surface area (TPSA) is 30.2 Å². The first-order valence-electron chi connectivity index (χ1n) is 3.51. The van der Waals surface area contributed by atoms with E-state index in [0.717, 1.165) is 18.4 Å². The van der Waals surface area contributed by atoms with Crippen LogP contribution in [0.2, 0.25) is 0 Å². The van der Waals surface area contributed by atoms with Gasteiger partial charge in [-0.25, -0.2) is 0 Å². The standard InChI is InChI=1S/C8H9BrO2/c1-2-3-6-4-7(5-10)11-8(6)9/h4-5H,2-3H2,1H3. The van der Waals surface area contributed by atoms with Crippen LogP contribution in [0, 0.1) is 0 Å². The lowest BCUT2D eigenvalue weighted by atomic mass is 10.2. The number of hydrogen-bond donors (Lipinski definition) is 0. The first-order valence-corrected chi connectivity index (χ1v) is 4.30. The molecule has 1 aromatic heterocycles. The van der Waals surface area contributed by atoms with E-state index in [1.165, 1.54) is 0 Å². The summed E-state index contributed by atoms with van der Waals surface area (Å²) in [6.45, 7) is 2.08. The van der Waals surface area contributed by atoms with Gasteiger partial charge in [-0.15, -0.1) is 0 Å². The van der Waals surface area contributed by atoms with Crippen molar-refractivity contribution in [2.24, 2.45) is 0 Å². The second-order valence-corrected chi connectivity index (χ2v) is 3.04. The minimum absolute atomic E-state index is 0.389. The zero-order chi connectivity index (χ0) is 8.27. The predicted octanol–water partition coefficient (Wildman–Crippen LogP) is 2.81. The quantitative estimate of drug-likeness (QED) is 0.728. The van der Waals surface area contributed by atoms with E-state index in [1.54, 1.807) is 6.07 Å². The summed E-state index contributed by atoms with van der Waals surface area (Å²) in [5.74, 6) is 0.389. The van der Waals surface area contributed by atoms with Crippen LogP contribution in [0.5, 0.6) is 0 Å². The average molecular weight is 217 g/mol. The van der Waals surface area contributed by atoms with E-state index in [1.807, 2.05) is 0 Å². The highest BCUT2D eigenvalue weighted by atomic mass is 79.9. The Balaban J connectivity index is 2.87. The Labute approximate surface area is 73.7 Å². The SMILES string of the molecule is CCCc1cc(C=O)oc1Br. The molecule has 2 nitrogen and oxygen atoms in total. The van der Waals surface area contributed by atoms with Crippen molar-refractivity contribution in [1.82, 2.24) is 0 Å². The Morgan fingerprint density at radius 2 is 2.45 bits per heavy atom. The second-order valence-electron chi connectivity index (χ2n) is 2.32. The third kappa shape index (κ3) is 1.93. The van der Waals surface area contributed by atoms with Crippen molar-refractivity contribution in [3.63, 3.8) is 0 Å². The minimum atomic E-state index is 0.389. The zero-order valence-corrected chi connectivity index (χ0v) is 7.85. The summed E-state index contributed by atoms with van der Waals surface area (Å²) in [5, 5.41) is 0. The molecule has 0 aliphatic carbocycles. The monoisotopic (exact) mass is 216 g/mol. The molecule has 60 valence electrons. The van der Waals surface area contributed by atoms with Crippen LogP contribution in [-0.2, 0) is 6.42 Å². The molecular formula is C8H9BrO2. The summed E-state index contributed by atoms with van der Waals surface area (Å²) < 4.78 is 5.75. The maximum absolute atomic E-state index is 10.3. The second kappa shape index (κ2) is 3.72. The smallest absolute Gasteiger partial charge is 0.185 e. The van der Waals surface area contributed by atoms with Gasteiger partial charge < -0.3 is 4.42 Å². The Kier molecular flexibility index (Phi) is 2.88. The summed E-state index contributed by atoms with van der Waals surface area (Å²) in [4.78, 5) is 10.3. The van der Waals surface area contributed by atoms with Gasteiger partial charge in [0.05, 0.1) is 0 Å². The van der Waals surface area contributed by atoms with Crippen molar-refractivity contribution < 1.29 is 9.21 Å². The van der Waals surface area contributed by atoms with Gasteiger partial charge in [-0.2, -0.15) is 0 Å². The average Bonchev–Trinajstić information content (AvgIpc) is 2.33. The van der Waals surface area contributed by atoms with Gasteiger partial charge in [-0.3, -0.25) is 4.79 Å². The van der Waals surface area contributed by atoms with Crippen LogP contribution < -0.4 is 0 Å². The first-order chi connectivity index (χ1) is 5.27. The molecule has 1 heterocycles. The molecule has 0 amide bonds. The van der Waals surface area contributed by atoms with Crippen LogP contribution in [0.15, 0.2) is 15.2 Å². The summed E-state index contributed by atoms with van der Waals surface area (Å²) in [6, 6.07) is 1.76. The normalized spacial score (nSPS) is 10.0. The predicted molar refractivity (Wildman–Crippen MR) is 45.8 cm³/mol. The van der Waals surface area contributed by atoms with Gasteiger partial charge >= 0.3 is 0 Å². The molecule has 3 heteroatoms. The number of aryl methyl sites for hydroxylation is 1. The number of carbonyl (C=O) groups is 1. The van der Waals surface area contributed by atoms with E-state index in [0.29, 0.717) is 16.7 Å². The summed E-state index contributed by atoms with van der Waals surface area (Å²) in [6.07, 6.45) is 2.71. The van der Waals surface area contributed by atoms with E-state index >= 15 is 0 Å². The highest BCUT2D eigenvalue weighted by molar-refractivity contribution is 9.10. The Morgan fingerprint density at radius 1 is 1.73 bits per heavy atom. The molecule has 0 bridgehead atoms. The molecule has 1 aromatic rings. The van der Waals surface area contributed by atoms with E-state index in [4.69, 9.17) is 4.42 Å². The van der Waals surface area contributed by atoms with Crippen molar-refractivity contribution in [2.75, 3.05) is 0 Å². The summed E-state index contributed by atoms with van der Waals surface area (Å²) in [5.41, 5.74) is 1.06. The molecule has 0 atom stereocenters. The fraction of sp³-hybridized carbons (Fsp3) is 0.375. The molecule has 0 N–H and O–H groups in total.